The first-order valence-electron chi connectivity index (χ1n) is 9.31. The molecule has 1 aliphatic heterocycles. The Labute approximate surface area is 170 Å². The van der Waals surface area contributed by atoms with Crippen LogP contribution < -0.4 is 0 Å². The van der Waals surface area contributed by atoms with Crippen molar-refractivity contribution in [2.45, 2.75) is 25.3 Å². The molecular formula is C19H17ClFN7O. The molecule has 1 saturated heterocycles. The molecule has 3 aromatic heterocycles. The molecule has 29 heavy (non-hydrogen) atoms. The van der Waals surface area contributed by atoms with Crippen molar-refractivity contribution in [3.63, 3.8) is 0 Å². The van der Waals surface area contributed by atoms with Crippen molar-refractivity contribution in [2.24, 2.45) is 0 Å². The Bertz CT molecular complexity index is 1170. The van der Waals surface area contributed by atoms with Gasteiger partial charge < -0.3 is 4.74 Å². The highest BCUT2D eigenvalue weighted by molar-refractivity contribution is 6.30. The lowest BCUT2D eigenvalue weighted by Gasteiger charge is -2.22. The molecule has 0 unspecified atom stereocenters. The summed E-state index contributed by atoms with van der Waals surface area (Å²) in [5.74, 6) is 0.0876. The van der Waals surface area contributed by atoms with Crippen LogP contribution >= 0.6 is 11.6 Å². The van der Waals surface area contributed by atoms with Gasteiger partial charge in [0, 0.05) is 31.9 Å². The number of rotatable bonds is 4. The zero-order valence-electron chi connectivity index (χ0n) is 15.4. The Morgan fingerprint density at radius 2 is 2.07 bits per heavy atom. The van der Waals surface area contributed by atoms with Crippen molar-refractivity contribution >= 4 is 22.8 Å². The number of halogens is 2. The van der Waals surface area contributed by atoms with E-state index in [1.165, 1.54) is 16.8 Å². The molecule has 0 atom stereocenters. The van der Waals surface area contributed by atoms with Crippen LogP contribution in [0.4, 0.5) is 4.39 Å². The Balaban J connectivity index is 1.42. The zero-order valence-corrected chi connectivity index (χ0v) is 16.1. The molecule has 5 rings (SSSR count). The molecule has 0 saturated carbocycles. The van der Waals surface area contributed by atoms with E-state index < -0.39 is 5.82 Å². The number of hydrogen-bond donors (Lipinski definition) is 0. The van der Waals surface area contributed by atoms with Crippen LogP contribution in [0, 0.1) is 5.82 Å². The maximum absolute atomic E-state index is 13.9. The Morgan fingerprint density at radius 1 is 1.21 bits per heavy atom. The van der Waals surface area contributed by atoms with E-state index in [9.17, 15) is 4.39 Å². The summed E-state index contributed by atoms with van der Waals surface area (Å²) in [5.41, 5.74) is 2.55. The number of nitrogens with zero attached hydrogens (tertiary/aromatic N) is 7. The minimum atomic E-state index is -0.525. The fourth-order valence-electron chi connectivity index (χ4n) is 3.44. The molecule has 1 aromatic carbocycles. The smallest absolute Gasteiger partial charge is 0.187 e. The second-order valence-electron chi connectivity index (χ2n) is 6.94. The van der Waals surface area contributed by atoms with Gasteiger partial charge in [0.15, 0.2) is 11.2 Å². The lowest BCUT2D eigenvalue weighted by Crippen LogP contribution is -2.19. The maximum atomic E-state index is 13.9. The van der Waals surface area contributed by atoms with Gasteiger partial charge >= 0.3 is 0 Å². The summed E-state index contributed by atoms with van der Waals surface area (Å²) in [6.45, 7) is 1.53. The van der Waals surface area contributed by atoms with Gasteiger partial charge in [0.25, 0.3) is 0 Å². The van der Waals surface area contributed by atoms with Crippen molar-refractivity contribution in [1.29, 1.82) is 0 Å². The molecule has 10 heteroatoms. The highest BCUT2D eigenvalue weighted by Gasteiger charge is 2.17. The molecule has 148 valence electrons. The standard InChI is InChI=1S/C19H17ClFN7O/c20-15-2-1-14(8-16(15)21)28-19-17(25-26-28)10-22-18(24-19)7-12-9-23-27(11-12)13-3-5-29-6-4-13/h1-2,8-11,13H,3-7H2. The Hall–Kier alpha value is -2.91. The van der Waals surface area contributed by atoms with Gasteiger partial charge in [-0.3, -0.25) is 4.68 Å². The number of aromatic nitrogens is 7. The molecule has 0 spiro atoms. The van der Waals surface area contributed by atoms with E-state index in [2.05, 4.69) is 25.4 Å². The van der Waals surface area contributed by atoms with Crippen molar-refractivity contribution in [2.75, 3.05) is 13.2 Å². The second kappa shape index (κ2) is 7.49. The molecule has 1 fully saturated rings. The van der Waals surface area contributed by atoms with Gasteiger partial charge in [0.2, 0.25) is 0 Å². The highest BCUT2D eigenvalue weighted by Crippen LogP contribution is 2.22. The fourth-order valence-corrected chi connectivity index (χ4v) is 3.56. The Morgan fingerprint density at radius 3 is 2.90 bits per heavy atom. The van der Waals surface area contributed by atoms with Gasteiger partial charge in [-0.2, -0.15) is 9.78 Å². The summed E-state index contributed by atoms with van der Waals surface area (Å²) in [6.07, 6.45) is 7.95. The van der Waals surface area contributed by atoms with Gasteiger partial charge in [-0.05, 0) is 30.5 Å². The van der Waals surface area contributed by atoms with E-state index in [1.807, 2.05) is 17.1 Å². The average molecular weight is 414 g/mol. The van der Waals surface area contributed by atoms with E-state index in [0.29, 0.717) is 35.1 Å². The first kappa shape index (κ1) is 18.1. The van der Waals surface area contributed by atoms with Crippen LogP contribution in [-0.2, 0) is 11.2 Å². The number of hydrogen-bond acceptors (Lipinski definition) is 6. The second-order valence-corrected chi connectivity index (χ2v) is 7.35. The predicted octanol–water partition coefficient (Wildman–Crippen LogP) is 3.14. The third kappa shape index (κ3) is 3.58. The molecular weight excluding hydrogens is 397 g/mol. The molecule has 0 bridgehead atoms. The van der Waals surface area contributed by atoms with Crippen LogP contribution in [0.5, 0.6) is 0 Å². The normalized spacial score (nSPS) is 15.2. The van der Waals surface area contributed by atoms with E-state index in [0.717, 1.165) is 31.6 Å². The molecule has 4 aromatic rings. The first-order valence-corrected chi connectivity index (χ1v) is 9.69. The Kier molecular flexibility index (Phi) is 4.69. The summed E-state index contributed by atoms with van der Waals surface area (Å²) in [7, 11) is 0. The van der Waals surface area contributed by atoms with Crippen LogP contribution in [0.15, 0.2) is 36.8 Å². The van der Waals surface area contributed by atoms with Crippen molar-refractivity contribution < 1.29 is 9.13 Å². The molecule has 0 N–H and O–H groups in total. The quantitative estimate of drug-likeness (QED) is 0.511. The fraction of sp³-hybridized carbons (Fsp3) is 0.316. The monoisotopic (exact) mass is 413 g/mol. The largest absolute Gasteiger partial charge is 0.381 e. The average Bonchev–Trinajstić information content (AvgIpc) is 3.38. The number of benzene rings is 1. The van der Waals surface area contributed by atoms with Gasteiger partial charge in [0.1, 0.15) is 11.6 Å². The number of fused-ring (bicyclic) bond motifs is 1. The zero-order chi connectivity index (χ0) is 19.8. The molecule has 0 radical (unpaired) electrons. The molecule has 8 nitrogen and oxygen atoms in total. The SMILES string of the molecule is Fc1cc(-n2nnc3cnc(Cc4cnn(C5CCOCC5)c4)nc32)ccc1Cl. The summed E-state index contributed by atoms with van der Waals surface area (Å²) in [6, 6.07) is 4.81. The highest BCUT2D eigenvalue weighted by atomic mass is 35.5. The van der Waals surface area contributed by atoms with Gasteiger partial charge in [-0.15, -0.1) is 5.10 Å². The first-order chi connectivity index (χ1) is 14.2. The topological polar surface area (TPSA) is 83.5 Å². The van der Waals surface area contributed by atoms with Crippen LogP contribution in [0.2, 0.25) is 5.02 Å². The predicted molar refractivity (Wildman–Crippen MR) is 104 cm³/mol. The van der Waals surface area contributed by atoms with Crippen molar-refractivity contribution in [3.05, 3.63) is 59.0 Å². The number of ether oxygens (including phenoxy) is 1. The molecule has 0 aliphatic carbocycles. The minimum absolute atomic E-state index is 0.0510. The van der Waals surface area contributed by atoms with Crippen LogP contribution in [0.25, 0.3) is 16.9 Å². The van der Waals surface area contributed by atoms with Crippen LogP contribution in [0.3, 0.4) is 0 Å². The summed E-state index contributed by atoms with van der Waals surface area (Å²) in [4.78, 5) is 8.98. The molecule has 4 heterocycles. The maximum Gasteiger partial charge on any atom is 0.187 e. The minimum Gasteiger partial charge on any atom is -0.381 e. The summed E-state index contributed by atoms with van der Waals surface area (Å²) >= 11 is 5.77. The third-order valence-corrected chi connectivity index (χ3v) is 5.28. The van der Waals surface area contributed by atoms with Crippen molar-refractivity contribution in [1.82, 2.24) is 34.7 Å². The van der Waals surface area contributed by atoms with Crippen molar-refractivity contribution in [3.8, 4) is 5.69 Å². The van der Waals surface area contributed by atoms with Gasteiger partial charge in [-0.25, -0.2) is 14.4 Å². The van der Waals surface area contributed by atoms with Gasteiger partial charge in [-0.1, -0.05) is 16.8 Å². The van der Waals surface area contributed by atoms with E-state index in [4.69, 9.17) is 16.3 Å². The summed E-state index contributed by atoms with van der Waals surface area (Å²) < 4.78 is 22.7. The summed E-state index contributed by atoms with van der Waals surface area (Å²) in [5, 5.41) is 12.7. The van der Waals surface area contributed by atoms with Crippen LogP contribution in [0.1, 0.15) is 30.3 Å². The van der Waals surface area contributed by atoms with E-state index in [-0.39, 0.29) is 5.02 Å². The van der Waals surface area contributed by atoms with Crippen LogP contribution in [-0.4, -0.2) is 48.0 Å². The van der Waals surface area contributed by atoms with E-state index >= 15 is 0 Å². The molecule has 0 amide bonds. The van der Waals surface area contributed by atoms with Gasteiger partial charge in [0.05, 0.1) is 29.1 Å². The molecule has 1 aliphatic rings. The lowest BCUT2D eigenvalue weighted by molar-refractivity contribution is 0.0662. The third-order valence-electron chi connectivity index (χ3n) is 4.97. The lowest BCUT2D eigenvalue weighted by atomic mass is 10.1. The van der Waals surface area contributed by atoms with E-state index in [1.54, 1.807) is 12.3 Å².